The molecular weight excluding hydrogens is 412 g/mol. The van der Waals surface area contributed by atoms with Crippen molar-refractivity contribution in [2.45, 2.75) is 89.9 Å². The second-order valence-corrected chi connectivity index (χ2v) is 10.2. The third-order valence-electron chi connectivity index (χ3n) is 7.57. The Balaban J connectivity index is 1.35. The van der Waals surface area contributed by atoms with Gasteiger partial charge in [-0.2, -0.15) is 0 Å². The highest BCUT2D eigenvalue weighted by atomic mass is 16.7. The van der Waals surface area contributed by atoms with Crippen LogP contribution in [0.2, 0.25) is 0 Å². The lowest BCUT2D eigenvalue weighted by atomic mass is 9.88. The SMILES string of the molecule is Cc1cccc(CCC=C[C@@H]2[C@H]3CC(CCCCC(=O)O)=C[C@H]3C[C@H]2OC2CCCCO2)c1. The summed E-state index contributed by atoms with van der Waals surface area (Å²) < 4.78 is 12.4. The second-order valence-electron chi connectivity index (χ2n) is 10.2. The fourth-order valence-corrected chi connectivity index (χ4v) is 5.93. The van der Waals surface area contributed by atoms with E-state index in [0.717, 1.165) is 64.4 Å². The van der Waals surface area contributed by atoms with Crippen molar-refractivity contribution in [1.29, 1.82) is 0 Å². The van der Waals surface area contributed by atoms with Gasteiger partial charge in [-0.1, -0.05) is 53.6 Å². The third kappa shape index (κ3) is 7.04. The number of ether oxygens (including phenoxy) is 2. The first-order valence-electron chi connectivity index (χ1n) is 13.0. The van der Waals surface area contributed by atoms with Crippen LogP contribution in [-0.4, -0.2) is 30.1 Å². The van der Waals surface area contributed by atoms with Crippen molar-refractivity contribution in [3.05, 3.63) is 59.2 Å². The van der Waals surface area contributed by atoms with Gasteiger partial charge in [-0.25, -0.2) is 0 Å². The number of fused-ring (bicyclic) bond motifs is 1. The van der Waals surface area contributed by atoms with E-state index in [9.17, 15) is 4.79 Å². The Morgan fingerprint density at radius 2 is 2.15 bits per heavy atom. The maximum Gasteiger partial charge on any atom is 0.303 e. The van der Waals surface area contributed by atoms with Crippen LogP contribution in [0, 0.1) is 24.7 Å². The molecule has 1 saturated heterocycles. The topological polar surface area (TPSA) is 55.8 Å². The van der Waals surface area contributed by atoms with E-state index in [1.54, 1.807) is 0 Å². The van der Waals surface area contributed by atoms with E-state index in [1.165, 1.54) is 23.1 Å². The molecule has 4 heteroatoms. The first-order valence-corrected chi connectivity index (χ1v) is 13.0. The minimum absolute atomic E-state index is 0.0368. The lowest BCUT2D eigenvalue weighted by Crippen LogP contribution is -2.30. The van der Waals surface area contributed by atoms with Gasteiger partial charge in [-0.05, 0) is 88.5 Å². The van der Waals surface area contributed by atoms with Gasteiger partial charge < -0.3 is 14.6 Å². The van der Waals surface area contributed by atoms with E-state index in [2.05, 4.69) is 49.4 Å². The van der Waals surface area contributed by atoms with Crippen molar-refractivity contribution >= 4 is 5.97 Å². The van der Waals surface area contributed by atoms with Crippen LogP contribution in [0.5, 0.6) is 0 Å². The molecule has 1 aliphatic heterocycles. The van der Waals surface area contributed by atoms with E-state index in [4.69, 9.17) is 14.6 Å². The van der Waals surface area contributed by atoms with E-state index in [0.29, 0.717) is 17.8 Å². The largest absolute Gasteiger partial charge is 0.481 e. The van der Waals surface area contributed by atoms with Crippen molar-refractivity contribution in [1.82, 2.24) is 0 Å². The Morgan fingerprint density at radius 1 is 1.24 bits per heavy atom. The number of carbonyl (C=O) groups is 1. The number of aliphatic carboxylic acids is 1. The van der Waals surface area contributed by atoms with Crippen molar-refractivity contribution in [2.24, 2.45) is 17.8 Å². The smallest absolute Gasteiger partial charge is 0.303 e. The normalized spacial score (nSPS) is 29.4. The molecule has 2 aliphatic carbocycles. The van der Waals surface area contributed by atoms with Gasteiger partial charge in [-0.15, -0.1) is 0 Å². The molecule has 0 amide bonds. The quantitative estimate of drug-likeness (QED) is 0.303. The van der Waals surface area contributed by atoms with Gasteiger partial charge in [0.25, 0.3) is 0 Å². The van der Waals surface area contributed by atoms with E-state index < -0.39 is 5.97 Å². The van der Waals surface area contributed by atoms with Crippen molar-refractivity contribution in [3.63, 3.8) is 0 Å². The summed E-state index contributed by atoms with van der Waals surface area (Å²) in [6.45, 7) is 2.97. The Bertz CT molecular complexity index is 836. The molecule has 1 aromatic carbocycles. The summed E-state index contributed by atoms with van der Waals surface area (Å²) in [4.78, 5) is 10.8. The second kappa shape index (κ2) is 12.0. The molecule has 2 fully saturated rings. The Morgan fingerprint density at radius 3 is 2.94 bits per heavy atom. The number of aryl methyl sites for hydroxylation is 2. The van der Waals surface area contributed by atoms with Gasteiger partial charge in [0.1, 0.15) is 0 Å². The number of hydrogen-bond acceptors (Lipinski definition) is 3. The highest BCUT2D eigenvalue weighted by Crippen LogP contribution is 2.49. The van der Waals surface area contributed by atoms with Crippen molar-refractivity contribution < 1.29 is 19.4 Å². The number of benzene rings is 1. The zero-order valence-electron chi connectivity index (χ0n) is 20.1. The van der Waals surface area contributed by atoms with Crippen LogP contribution in [0.15, 0.2) is 48.1 Å². The number of allylic oxidation sites excluding steroid dienone is 3. The van der Waals surface area contributed by atoms with Crippen LogP contribution >= 0.6 is 0 Å². The van der Waals surface area contributed by atoms with Crippen LogP contribution in [0.3, 0.4) is 0 Å². The monoisotopic (exact) mass is 452 g/mol. The lowest BCUT2D eigenvalue weighted by Gasteiger charge is -2.29. The molecule has 1 unspecified atom stereocenters. The zero-order valence-corrected chi connectivity index (χ0v) is 20.1. The molecule has 4 rings (SSSR count). The van der Waals surface area contributed by atoms with Crippen LogP contribution in [0.4, 0.5) is 0 Å². The Hall–Kier alpha value is -1.91. The average Bonchev–Trinajstić information content (AvgIpc) is 3.32. The molecular formula is C29H40O4. The van der Waals surface area contributed by atoms with Crippen LogP contribution in [0.1, 0.15) is 75.3 Å². The summed E-state index contributed by atoms with van der Waals surface area (Å²) in [6.07, 6.45) is 18.3. The molecule has 33 heavy (non-hydrogen) atoms. The van der Waals surface area contributed by atoms with Gasteiger partial charge in [0.2, 0.25) is 0 Å². The predicted molar refractivity (Wildman–Crippen MR) is 131 cm³/mol. The standard InChI is InChI=1S/C29H40O4/c1-21-9-8-12-22(17-21)10-2-4-13-25-26-19-23(11-3-5-14-28(30)31)18-24(26)20-27(25)33-29-15-6-7-16-32-29/h4,8-9,12-13,17-18,24-27,29H,2-3,5-7,10-11,14-16,19-20H2,1H3,(H,30,31)/t24-,25+,26-,27+,29?/m0/s1. The van der Waals surface area contributed by atoms with Gasteiger partial charge in [-0.3, -0.25) is 4.79 Å². The van der Waals surface area contributed by atoms with Crippen LogP contribution in [-0.2, 0) is 20.7 Å². The molecule has 5 atom stereocenters. The van der Waals surface area contributed by atoms with Gasteiger partial charge in [0.15, 0.2) is 6.29 Å². The van der Waals surface area contributed by atoms with Gasteiger partial charge in [0.05, 0.1) is 6.10 Å². The molecule has 0 spiro atoms. The molecule has 0 bridgehead atoms. The number of rotatable bonds is 11. The number of unbranched alkanes of at least 4 members (excludes halogenated alkanes) is 1. The zero-order chi connectivity index (χ0) is 23.0. The first-order chi connectivity index (χ1) is 16.1. The lowest BCUT2D eigenvalue weighted by molar-refractivity contribution is -0.192. The third-order valence-corrected chi connectivity index (χ3v) is 7.57. The molecule has 3 aliphatic rings. The molecule has 1 N–H and O–H groups in total. The maximum absolute atomic E-state index is 10.8. The number of carboxylic acid groups (broad SMARTS) is 1. The molecule has 180 valence electrons. The van der Waals surface area contributed by atoms with Crippen molar-refractivity contribution in [2.75, 3.05) is 6.61 Å². The van der Waals surface area contributed by atoms with Gasteiger partial charge in [0, 0.05) is 18.9 Å². The number of hydrogen-bond donors (Lipinski definition) is 1. The minimum atomic E-state index is -0.687. The van der Waals surface area contributed by atoms with Crippen LogP contribution in [0.25, 0.3) is 0 Å². The summed E-state index contributed by atoms with van der Waals surface area (Å²) in [5, 5.41) is 8.88. The average molecular weight is 453 g/mol. The minimum Gasteiger partial charge on any atom is -0.481 e. The fraction of sp³-hybridized carbons (Fsp3) is 0.621. The summed E-state index contributed by atoms with van der Waals surface area (Å²) >= 11 is 0. The summed E-state index contributed by atoms with van der Waals surface area (Å²) in [5.74, 6) is 0.946. The van der Waals surface area contributed by atoms with Gasteiger partial charge >= 0.3 is 5.97 Å². The van der Waals surface area contributed by atoms with E-state index in [-0.39, 0.29) is 18.8 Å². The molecule has 4 nitrogen and oxygen atoms in total. The van der Waals surface area contributed by atoms with E-state index in [1.807, 2.05) is 0 Å². The van der Waals surface area contributed by atoms with E-state index >= 15 is 0 Å². The molecule has 0 aromatic heterocycles. The molecule has 1 aromatic rings. The highest BCUT2D eigenvalue weighted by molar-refractivity contribution is 5.66. The molecule has 0 radical (unpaired) electrons. The fourth-order valence-electron chi connectivity index (χ4n) is 5.93. The Labute approximate surface area is 199 Å². The number of carboxylic acids is 1. The van der Waals surface area contributed by atoms with Crippen molar-refractivity contribution in [3.8, 4) is 0 Å². The molecule has 1 saturated carbocycles. The first kappa shape index (κ1) is 24.2. The summed E-state index contributed by atoms with van der Waals surface area (Å²) in [6, 6.07) is 8.80. The summed E-state index contributed by atoms with van der Waals surface area (Å²) in [7, 11) is 0. The predicted octanol–water partition coefficient (Wildman–Crippen LogP) is 6.62. The maximum atomic E-state index is 10.8. The summed E-state index contributed by atoms with van der Waals surface area (Å²) in [5.41, 5.74) is 4.25. The Kier molecular flexibility index (Phi) is 8.80. The highest BCUT2D eigenvalue weighted by Gasteiger charge is 2.45. The van der Waals surface area contributed by atoms with Crippen LogP contribution < -0.4 is 0 Å². The molecule has 1 heterocycles.